The maximum Gasteiger partial charge on any atom is 0.271 e. The van der Waals surface area contributed by atoms with Crippen LogP contribution >= 0.6 is 11.3 Å². The number of hydrogen-bond acceptors (Lipinski definition) is 7. The number of benzene rings is 1. The van der Waals surface area contributed by atoms with Crippen molar-refractivity contribution in [1.82, 2.24) is 5.43 Å². The minimum Gasteiger partial charge on any atom is -0.440 e. The Morgan fingerprint density at radius 3 is 2.54 bits per heavy atom. The molecule has 134 valence electrons. The van der Waals surface area contributed by atoms with Crippen LogP contribution < -0.4 is 15.9 Å². The molecule has 2 heterocycles. The Morgan fingerprint density at radius 2 is 1.92 bits per heavy atom. The summed E-state index contributed by atoms with van der Waals surface area (Å²) >= 11 is 1.12. The van der Waals surface area contributed by atoms with E-state index in [0.29, 0.717) is 17.0 Å². The molecule has 8 nitrogen and oxygen atoms in total. The van der Waals surface area contributed by atoms with Gasteiger partial charge in [-0.05, 0) is 41.8 Å². The van der Waals surface area contributed by atoms with E-state index >= 15 is 0 Å². The molecule has 0 atom stereocenters. The molecule has 0 spiro atoms. The van der Waals surface area contributed by atoms with Crippen LogP contribution in [0.3, 0.4) is 0 Å². The van der Waals surface area contributed by atoms with Crippen molar-refractivity contribution in [2.24, 2.45) is 5.10 Å². The number of nitrogens with one attached hydrogen (secondary N) is 2. The second kappa shape index (κ2) is 7.42. The lowest BCUT2D eigenvalue weighted by atomic mass is 10.2. The van der Waals surface area contributed by atoms with Gasteiger partial charge in [0.05, 0.1) is 6.21 Å². The highest BCUT2D eigenvalue weighted by Crippen LogP contribution is 2.20. The van der Waals surface area contributed by atoms with Crippen LogP contribution in [0.5, 0.6) is 0 Å². The van der Waals surface area contributed by atoms with E-state index in [1.165, 1.54) is 36.5 Å². The van der Waals surface area contributed by atoms with Gasteiger partial charge in [-0.15, -0.1) is 11.3 Å². The summed E-state index contributed by atoms with van der Waals surface area (Å²) in [5.74, 6) is 0.202. The molecular weight excluding hydrogens is 376 g/mol. The maximum atomic E-state index is 12.1. The molecule has 0 unspecified atom stereocenters. The largest absolute Gasteiger partial charge is 0.440 e. The minimum atomic E-state index is -3.62. The highest BCUT2D eigenvalue weighted by atomic mass is 32.2. The van der Waals surface area contributed by atoms with E-state index in [1.807, 2.05) is 0 Å². The number of carbonyl (C=O) groups excluding carboxylic acids is 1. The first-order valence-corrected chi connectivity index (χ1v) is 9.65. The number of carbonyl (C=O) groups is 1. The molecule has 0 saturated heterocycles. The standard InChI is InChI=1S/C16H14N4O4S2/c17-14-8-7-13(24-14)10-18-19-16(21)11-3-5-12(6-4-11)20-26(22,23)15-2-1-9-25-15/h1-10,20H,17H2,(H,19,21)/b18-10+. The lowest BCUT2D eigenvalue weighted by Gasteiger charge is -2.07. The van der Waals surface area contributed by atoms with Gasteiger partial charge in [0.15, 0.2) is 5.88 Å². The Kier molecular flexibility index (Phi) is 5.05. The Bertz CT molecular complexity index is 1020. The Labute approximate surface area is 153 Å². The summed E-state index contributed by atoms with van der Waals surface area (Å²) in [4.78, 5) is 12.0. The number of amides is 1. The van der Waals surface area contributed by atoms with Crippen LogP contribution in [0.25, 0.3) is 0 Å². The van der Waals surface area contributed by atoms with E-state index in [0.717, 1.165) is 11.3 Å². The quantitative estimate of drug-likeness (QED) is 0.440. The van der Waals surface area contributed by atoms with Gasteiger partial charge < -0.3 is 10.2 Å². The van der Waals surface area contributed by atoms with Crippen molar-refractivity contribution in [2.75, 3.05) is 10.5 Å². The van der Waals surface area contributed by atoms with E-state index in [9.17, 15) is 13.2 Å². The fraction of sp³-hybridized carbons (Fsp3) is 0. The third-order valence-electron chi connectivity index (χ3n) is 3.16. The van der Waals surface area contributed by atoms with Crippen LogP contribution in [0, 0.1) is 0 Å². The molecule has 3 aromatic rings. The summed E-state index contributed by atoms with van der Waals surface area (Å²) in [5.41, 5.74) is 8.44. The third-order valence-corrected chi connectivity index (χ3v) is 5.94. The Morgan fingerprint density at radius 1 is 1.15 bits per heavy atom. The first kappa shape index (κ1) is 17.7. The molecule has 1 amide bonds. The number of nitrogens with two attached hydrogens (primary N) is 1. The van der Waals surface area contributed by atoms with E-state index in [-0.39, 0.29) is 10.1 Å². The van der Waals surface area contributed by atoms with Crippen molar-refractivity contribution >= 4 is 45.1 Å². The van der Waals surface area contributed by atoms with Gasteiger partial charge in [0.1, 0.15) is 9.97 Å². The van der Waals surface area contributed by atoms with Crippen molar-refractivity contribution < 1.29 is 17.6 Å². The van der Waals surface area contributed by atoms with Crippen molar-refractivity contribution in [1.29, 1.82) is 0 Å². The second-order valence-corrected chi connectivity index (χ2v) is 7.91. The van der Waals surface area contributed by atoms with Crippen LogP contribution in [-0.4, -0.2) is 20.5 Å². The van der Waals surface area contributed by atoms with Gasteiger partial charge in [-0.25, -0.2) is 13.8 Å². The first-order chi connectivity index (χ1) is 12.4. The molecule has 0 fully saturated rings. The molecule has 0 radical (unpaired) electrons. The molecule has 1 aromatic carbocycles. The Hall–Kier alpha value is -3.11. The van der Waals surface area contributed by atoms with Crippen molar-refractivity contribution in [3.63, 3.8) is 0 Å². The summed E-state index contributed by atoms with van der Waals surface area (Å²) in [5, 5.41) is 5.44. The predicted octanol–water partition coefficient (Wildman–Crippen LogP) is 2.49. The van der Waals surface area contributed by atoms with E-state index in [4.69, 9.17) is 10.2 Å². The molecule has 2 aromatic heterocycles. The molecule has 0 aliphatic heterocycles. The smallest absolute Gasteiger partial charge is 0.271 e. The van der Waals surface area contributed by atoms with Crippen molar-refractivity contribution in [3.05, 3.63) is 65.2 Å². The summed E-state index contributed by atoms with van der Waals surface area (Å²) < 4.78 is 32.0. The lowest BCUT2D eigenvalue weighted by molar-refractivity contribution is 0.0955. The summed E-state index contributed by atoms with van der Waals surface area (Å²) in [7, 11) is -3.62. The third kappa shape index (κ3) is 4.29. The molecule has 0 aliphatic rings. The van der Waals surface area contributed by atoms with Gasteiger partial charge in [-0.3, -0.25) is 9.52 Å². The maximum absolute atomic E-state index is 12.1. The van der Waals surface area contributed by atoms with Gasteiger partial charge in [-0.2, -0.15) is 5.10 Å². The number of thiophene rings is 1. The zero-order valence-corrected chi connectivity index (χ0v) is 14.9. The van der Waals surface area contributed by atoms with Crippen LogP contribution in [-0.2, 0) is 10.0 Å². The number of sulfonamides is 1. The SMILES string of the molecule is Nc1ccc(/C=N/NC(=O)c2ccc(NS(=O)(=O)c3cccs3)cc2)o1. The molecule has 3 rings (SSSR count). The highest BCUT2D eigenvalue weighted by Gasteiger charge is 2.15. The van der Waals surface area contributed by atoms with E-state index < -0.39 is 15.9 Å². The lowest BCUT2D eigenvalue weighted by Crippen LogP contribution is -2.17. The fourth-order valence-corrected chi connectivity index (χ4v) is 4.02. The van der Waals surface area contributed by atoms with E-state index in [2.05, 4.69) is 15.2 Å². The number of rotatable bonds is 6. The molecule has 0 bridgehead atoms. The average Bonchev–Trinajstić information content (AvgIpc) is 3.27. The number of nitrogen functional groups attached to an aromatic ring is 1. The highest BCUT2D eigenvalue weighted by molar-refractivity contribution is 7.94. The van der Waals surface area contributed by atoms with Gasteiger partial charge >= 0.3 is 0 Å². The van der Waals surface area contributed by atoms with Crippen molar-refractivity contribution in [3.8, 4) is 0 Å². The van der Waals surface area contributed by atoms with Crippen LogP contribution in [0.2, 0.25) is 0 Å². The van der Waals surface area contributed by atoms with Crippen LogP contribution in [0.15, 0.2) is 67.6 Å². The first-order valence-electron chi connectivity index (χ1n) is 7.29. The Balaban J connectivity index is 1.62. The second-order valence-electron chi connectivity index (χ2n) is 5.05. The van der Waals surface area contributed by atoms with Gasteiger partial charge in [0.2, 0.25) is 0 Å². The molecule has 4 N–H and O–H groups in total. The molecule has 26 heavy (non-hydrogen) atoms. The summed E-state index contributed by atoms with van der Waals surface area (Å²) in [6.07, 6.45) is 1.32. The summed E-state index contributed by atoms with van der Waals surface area (Å²) in [6, 6.07) is 12.3. The van der Waals surface area contributed by atoms with Gasteiger partial charge in [-0.1, -0.05) is 6.07 Å². The number of hydrazone groups is 1. The average molecular weight is 390 g/mol. The summed E-state index contributed by atoms with van der Waals surface area (Å²) in [6.45, 7) is 0. The topological polar surface area (TPSA) is 127 Å². The molecule has 10 heteroatoms. The normalized spacial score (nSPS) is 11.5. The monoisotopic (exact) mass is 390 g/mol. The molecule has 0 aliphatic carbocycles. The number of nitrogens with zero attached hydrogens (tertiary/aromatic N) is 1. The van der Waals surface area contributed by atoms with Gasteiger partial charge in [0.25, 0.3) is 15.9 Å². The van der Waals surface area contributed by atoms with Crippen LogP contribution in [0.4, 0.5) is 11.6 Å². The zero-order valence-electron chi connectivity index (χ0n) is 13.2. The van der Waals surface area contributed by atoms with Crippen molar-refractivity contribution in [2.45, 2.75) is 4.21 Å². The predicted molar refractivity (Wildman–Crippen MR) is 99.8 cm³/mol. The van der Waals surface area contributed by atoms with E-state index in [1.54, 1.807) is 23.6 Å². The molecule has 0 saturated carbocycles. The molecular formula is C16H14N4O4S2. The minimum absolute atomic E-state index is 0.215. The number of anilines is 2. The number of hydrogen-bond donors (Lipinski definition) is 3. The van der Waals surface area contributed by atoms with Gasteiger partial charge in [0, 0.05) is 17.3 Å². The zero-order chi connectivity index (χ0) is 18.6. The number of furan rings is 1. The fourth-order valence-electron chi connectivity index (χ4n) is 1.97. The van der Waals surface area contributed by atoms with Crippen LogP contribution in [0.1, 0.15) is 16.1 Å².